The quantitative estimate of drug-likeness (QED) is 0.635. The number of aliphatic hydroxyl groups excluding tert-OH is 1. The molecule has 1 fully saturated rings. The number of aliphatic hydroxyl groups is 1. The van der Waals surface area contributed by atoms with E-state index in [0.717, 1.165) is 0 Å². The second-order valence-electron chi connectivity index (χ2n) is 4.61. The van der Waals surface area contributed by atoms with Gasteiger partial charge in [-0.3, -0.25) is 10.1 Å². The van der Waals surface area contributed by atoms with Gasteiger partial charge >= 0.3 is 0 Å². The molecule has 1 aliphatic heterocycles. The first-order valence-electron chi connectivity index (χ1n) is 6.13. The predicted molar refractivity (Wildman–Crippen MR) is 67.8 cm³/mol. The van der Waals surface area contributed by atoms with Crippen LogP contribution in [0, 0.1) is 10.1 Å². The Morgan fingerprint density at radius 1 is 1.40 bits per heavy atom. The molecule has 0 saturated carbocycles. The number of aromatic nitrogens is 2. The molecule has 3 rings (SSSR count). The summed E-state index contributed by atoms with van der Waals surface area (Å²) >= 11 is 0. The van der Waals surface area contributed by atoms with E-state index in [1.165, 1.54) is 12.1 Å². The van der Waals surface area contributed by atoms with Crippen LogP contribution in [0.5, 0.6) is 0 Å². The van der Waals surface area contributed by atoms with Crippen LogP contribution in [-0.2, 0) is 0 Å². The van der Waals surface area contributed by atoms with Crippen molar-refractivity contribution in [1.82, 2.24) is 15.5 Å². The van der Waals surface area contributed by atoms with Crippen molar-refractivity contribution >= 4 is 5.69 Å². The molecular formula is C12H12N4O4. The Morgan fingerprint density at radius 2 is 2.15 bits per heavy atom. The van der Waals surface area contributed by atoms with Gasteiger partial charge in [0.2, 0.25) is 11.7 Å². The van der Waals surface area contributed by atoms with Crippen molar-refractivity contribution in [2.75, 3.05) is 6.54 Å². The van der Waals surface area contributed by atoms with Crippen LogP contribution in [0.1, 0.15) is 18.4 Å². The third kappa shape index (κ3) is 2.38. The van der Waals surface area contributed by atoms with Crippen molar-refractivity contribution in [3.05, 3.63) is 40.3 Å². The van der Waals surface area contributed by atoms with Crippen molar-refractivity contribution in [2.24, 2.45) is 0 Å². The minimum absolute atomic E-state index is 0.0121. The first kappa shape index (κ1) is 12.7. The fourth-order valence-electron chi connectivity index (χ4n) is 2.13. The van der Waals surface area contributed by atoms with E-state index < -0.39 is 11.0 Å². The third-order valence-corrected chi connectivity index (χ3v) is 3.18. The summed E-state index contributed by atoms with van der Waals surface area (Å²) in [5.41, 5.74) is 0.655. The van der Waals surface area contributed by atoms with Gasteiger partial charge in [-0.1, -0.05) is 5.16 Å². The van der Waals surface area contributed by atoms with E-state index in [1.54, 1.807) is 12.1 Å². The van der Waals surface area contributed by atoms with Crippen LogP contribution in [-0.4, -0.2) is 32.8 Å². The van der Waals surface area contributed by atoms with Gasteiger partial charge in [0.15, 0.2) is 0 Å². The molecule has 0 amide bonds. The monoisotopic (exact) mass is 276 g/mol. The van der Waals surface area contributed by atoms with Crippen molar-refractivity contribution in [3.63, 3.8) is 0 Å². The molecule has 0 aliphatic carbocycles. The third-order valence-electron chi connectivity index (χ3n) is 3.18. The number of hydrogen-bond donors (Lipinski definition) is 2. The predicted octanol–water partition coefficient (Wildman–Crippen LogP) is 1.04. The number of nitrogens with one attached hydrogen (secondary N) is 1. The molecule has 0 unspecified atom stereocenters. The number of rotatable bonds is 3. The minimum Gasteiger partial charge on any atom is -0.392 e. The molecule has 0 bridgehead atoms. The van der Waals surface area contributed by atoms with E-state index in [9.17, 15) is 15.2 Å². The Morgan fingerprint density at radius 3 is 2.75 bits per heavy atom. The van der Waals surface area contributed by atoms with Gasteiger partial charge in [-0.2, -0.15) is 4.98 Å². The lowest BCUT2D eigenvalue weighted by atomic mass is 10.2. The van der Waals surface area contributed by atoms with Gasteiger partial charge in [0.05, 0.1) is 17.1 Å². The zero-order valence-corrected chi connectivity index (χ0v) is 10.4. The Balaban J connectivity index is 1.81. The molecule has 20 heavy (non-hydrogen) atoms. The van der Waals surface area contributed by atoms with Crippen LogP contribution >= 0.6 is 0 Å². The van der Waals surface area contributed by atoms with Crippen molar-refractivity contribution in [2.45, 2.75) is 18.6 Å². The lowest BCUT2D eigenvalue weighted by Crippen LogP contribution is -2.15. The maximum Gasteiger partial charge on any atom is 0.269 e. The highest BCUT2D eigenvalue weighted by Gasteiger charge is 2.28. The summed E-state index contributed by atoms with van der Waals surface area (Å²) in [4.78, 5) is 14.4. The molecule has 0 spiro atoms. The summed E-state index contributed by atoms with van der Waals surface area (Å²) in [7, 11) is 0. The Bertz CT molecular complexity index is 625. The van der Waals surface area contributed by atoms with Crippen LogP contribution in [0.2, 0.25) is 0 Å². The number of β-amino-alcohol motifs (C(OH)–C–C–N with tert-alkyl or cyclic N) is 1. The molecule has 1 aliphatic rings. The van der Waals surface area contributed by atoms with Gasteiger partial charge in [-0.15, -0.1) is 0 Å². The Kier molecular flexibility index (Phi) is 3.17. The van der Waals surface area contributed by atoms with Gasteiger partial charge in [-0.05, 0) is 18.6 Å². The second-order valence-corrected chi connectivity index (χ2v) is 4.61. The first-order valence-corrected chi connectivity index (χ1v) is 6.13. The van der Waals surface area contributed by atoms with Crippen LogP contribution < -0.4 is 5.32 Å². The molecule has 1 saturated heterocycles. The molecule has 8 heteroatoms. The molecule has 2 N–H and O–H groups in total. The minimum atomic E-state index is -0.463. The largest absolute Gasteiger partial charge is 0.392 e. The highest BCUT2D eigenvalue weighted by Crippen LogP contribution is 2.25. The molecule has 104 valence electrons. The number of nitrogens with zero attached hydrogens (tertiary/aromatic N) is 3. The van der Waals surface area contributed by atoms with E-state index in [4.69, 9.17) is 4.52 Å². The standard InChI is InChI=1S/C12H12N4O4/c17-9-5-10(13-6-9)12-14-11(15-20-12)7-1-3-8(4-2-7)16(18)19/h1-4,9-10,13,17H,5-6H2/t9-,10+/m1/s1. The van der Waals surface area contributed by atoms with Crippen molar-refractivity contribution < 1.29 is 14.6 Å². The van der Waals surface area contributed by atoms with Gasteiger partial charge < -0.3 is 14.9 Å². The summed E-state index contributed by atoms with van der Waals surface area (Å²) in [6.45, 7) is 0.500. The van der Waals surface area contributed by atoms with E-state index in [2.05, 4.69) is 15.5 Å². The highest BCUT2D eigenvalue weighted by molar-refractivity contribution is 5.56. The van der Waals surface area contributed by atoms with Crippen LogP contribution in [0.3, 0.4) is 0 Å². The van der Waals surface area contributed by atoms with Gasteiger partial charge in [0.1, 0.15) is 0 Å². The molecular weight excluding hydrogens is 264 g/mol. The number of hydrogen-bond acceptors (Lipinski definition) is 7. The molecule has 8 nitrogen and oxygen atoms in total. The summed E-state index contributed by atoms with van der Waals surface area (Å²) in [6, 6.07) is 5.78. The molecule has 2 atom stereocenters. The molecule has 2 aromatic rings. The van der Waals surface area contributed by atoms with E-state index in [0.29, 0.717) is 30.2 Å². The fraction of sp³-hybridized carbons (Fsp3) is 0.333. The first-order chi connectivity index (χ1) is 9.63. The number of nitro benzene ring substituents is 1. The maximum absolute atomic E-state index is 10.6. The zero-order valence-electron chi connectivity index (χ0n) is 10.4. The highest BCUT2D eigenvalue weighted by atomic mass is 16.6. The SMILES string of the molecule is O=[N+]([O-])c1ccc(-c2noc([C@@H]3C[C@@H](O)CN3)n2)cc1. The zero-order chi connectivity index (χ0) is 14.1. The summed E-state index contributed by atoms with van der Waals surface area (Å²) in [5.74, 6) is 0.785. The molecule has 1 aromatic carbocycles. The average molecular weight is 276 g/mol. The normalized spacial score (nSPS) is 22.1. The molecule has 2 heterocycles. The Hall–Kier alpha value is -2.32. The molecule has 1 aromatic heterocycles. The fourth-order valence-corrected chi connectivity index (χ4v) is 2.13. The summed E-state index contributed by atoms with van der Waals surface area (Å²) in [5, 5.41) is 27.0. The maximum atomic E-state index is 10.6. The number of benzene rings is 1. The number of nitro groups is 1. The van der Waals surface area contributed by atoms with Crippen molar-refractivity contribution in [1.29, 1.82) is 0 Å². The second kappa shape index (κ2) is 4.99. The average Bonchev–Trinajstić information content (AvgIpc) is 3.07. The lowest BCUT2D eigenvalue weighted by Gasteiger charge is -2.01. The smallest absolute Gasteiger partial charge is 0.269 e. The summed E-state index contributed by atoms with van der Waals surface area (Å²) < 4.78 is 5.16. The van der Waals surface area contributed by atoms with E-state index >= 15 is 0 Å². The lowest BCUT2D eigenvalue weighted by molar-refractivity contribution is -0.384. The molecule has 0 radical (unpaired) electrons. The number of non-ortho nitro benzene ring substituents is 1. The topological polar surface area (TPSA) is 114 Å². The van der Waals surface area contributed by atoms with E-state index in [-0.39, 0.29) is 11.7 Å². The Labute approximate surface area is 113 Å². The van der Waals surface area contributed by atoms with Crippen LogP contribution in [0.15, 0.2) is 28.8 Å². The van der Waals surface area contributed by atoms with Gasteiger partial charge in [0, 0.05) is 24.2 Å². The van der Waals surface area contributed by atoms with E-state index in [1.807, 2.05) is 0 Å². The van der Waals surface area contributed by atoms with Gasteiger partial charge in [-0.25, -0.2) is 0 Å². The van der Waals surface area contributed by atoms with Crippen LogP contribution in [0.4, 0.5) is 5.69 Å². The van der Waals surface area contributed by atoms with Crippen LogP contribution in [0.25, 0.3) is 11.4 Å². The summed E-state index contributed by atoms with van der Waals surface area (Å²) in [6.07, 6.45) is 0.122. The van der Waals surface area contributed by atoms with Gasteiger partial charge in [0.25, 0.3) is 5.69 Å². The van der Waals surface area contributed by atoms with Crippen molar-refractivity contribution in [3.8, 4) is 11.4 Å².